The number of ether oxygens (including phenoxy) is 3. The predicted molar refractivity (Wildman–Crippen MR) is 192 cm³/mol. The second-order valence-electron chi connectivity index (χ2n) is 12.6. The zero-order valence-electron chi connectivity index (χ0n) is 28.9. The predicted octanol–water partition coefficient (Wildman–Crippen LogP) is 4.82. The summed E-state index contributed by atoms with van der Waals surface area (Å²) in [7, 11) is 0. The molecule has 4 heterocycles. The second-order valence-corrected chi connectivity index (χ2v) is 12.6. The number of hydrogen-bond donors (Lipinski definition) is 2. The summed E-state index contributed by atoms with van der Waals surface area (Å²) in [5.41, 5.74) is 8.45. The number of allylic oxidation sites excluding steroid dienone is 9. The average Bonchev–Trinajstić information content (AvgIpc) is 3.66. The first-order valence-electron chi connectivity index (χ1n) is 16.9. The minimum Gasteiger partial charge on any atom is -0.488 e. The van der Waals surface area contributed by atoms with Crippen LogP contribution in [0, 0.1) is 0 Å². The molecule has 0 amide bonds. The first-order valence-corrected chi connectivity index (χ1v) is 16.9. The number of nitrogens with one attached hydrogen (secondary N) is 1. The molecule has 10 nitrogen and oxygen atoms in total. The minimum absolute atomic E-state index is 0.0460. The molecule has 0 radical (unpaired) electrons. The molecule has 0 aromatic carbocycles. The van der Waals surface area contributed by atoms with Crippen LogP contribution >= 0.6 is 0 Å². The molecule has 5 rings (SSSR count). The Morgan fingerprint density at radius 3 is 2.61 bits per heavy atom. The van der Waals surface area contributed by atoms with Gasteiger partial charge in [-0.3, -0.25) is 14.6 Å². The van der Waals surface area contributed by atoms with E-state index in [0.717, 1.165) is 63.9 Å². The monoisotopic (exact) mass is 706 g/mol. The van der Waals surface area contributed by atoms with Gasteiger partial charge in [0.1, 0.15) is 23.9 Å². The van der Waals surface area contributed by atoms with E-state index in [-0.39, 0.29) is 28.6 Å². The van der Waals surface area contributed by atoms with E-state index >= 15 is 0 Å². The van der Waals surface area contributed by atoms with Crippen molar-refractivity contribution in [1.29, 1.82) is 0 Å². The maximum Gasteiger partial charge on any atom is 0.272 e. The molecule has 2 aromatic rings. The Labute approximate surface area is 295 Å². The van der Waals surface area contributed by atoms with Gasteiger partial charge in [-0.05, 0) is 81.5 Å². The Kier molecular flexibility index (Phi) is 12.8. The number of rotatable bonds is 14. The van der Waals surface area contributed by atoms with Crippen molar-refractivity contribution in [3.63, 3.8) is 0 Å². The van der Waals surface area contributed by atoms with E-state index < -0.39 is 24.6 Å². The standard InChI is InChI=1S/C38H45F3N6O4/c1-5-32(39)35(6-2)51-30-8-7-29(19-25(3)20-30)47-38(42)31(23-43-47)37(48)34-22-27(21-26(4)50-24-36(40)41)33(44-34)11-14-45-12-9-28(10-13-45)46-15-17-49-18-16-46/h5-8,11,20-23,28,36,44H,1-2,4,9-10,12-19,24,42H2,3H3/b27-21-,33-11+,35-32-. The van der Waals surface area contributed by atoms with Gasteiger partial charge in [0.25, 0.3) is 6.43 Å². The quantitative estimate of drug-likeness (QED) is 0.164. The lowest BCUT2D eigenvalue weighted by molar-refractivity contribution is 0.00205. The Morgan fingerprint density at radius 1 is 1.18 bits per heavy atom. The zero-order chi connectivity index (χ0) is 36.5. The number of hydrogen-bond acceptors (Lipinski definition) is 8. The fourth-order valence-corrected chi connectivity index (χ4v) is 6.31. The number of alkyl halides is 2. The number of halogens is 3. The van der Waals surface area contributed by atoms with E-state index in [1.807, 2.05) is 13.0 Å². The molecular formula is C38H45F3N6O4. The summed E-state index contributed by atoms with van der Waals surface area (Å²) >= 11 is 0. The third kappa shape index (κ3) is 9.69. The van der Waals surface area contributed by atoms with Crippen LogP contribution in [-0.2, 0) is 14.2 Å². The lowest BCUT2D eigenvalue weighted by Gasteiger charge is -2.39. The molecule has 13 heteroatoms. The Hall–Kier alpha value is -4.85. The number of aromatic amines is 1. The molecule has 2 saturated heterocycles. The first-order chi connectivity index (χ1) is 24.6. The van der Waals surface area contributed by atoms with E-state index in [9.17, 15) is 18.0 Å². The average molecular weight is 707 g/mol. The van der Waals surface area contributed by atoms with Gasteiger partial charge in [-0.2, -0.15) is 5.10 Å². The van der Waals surface area contributed by atoms with Crippen LogP contribution in [0.3, 0.4) is 0 Å². The van der Waals surface area contributed by atoms with Crippen LogP contribution in [0.2, 0.25) is 0 Å². The van der Waals surface area contributed by atoms with Gasteiger partial charge in [0.05, 0.1) is 30.7 Å². The number of nitrogen functional groups attached to an aromatic ring is 1. The third-order valence-corrected chi connectivity index (χ3v) is 8.95. The molecule has 3 N–H and O–H groups in total. The van der Waals surface area contributed by atoms with Gasteiger partial charge in [-0.25, -0.2) is 17.9 Å². The summed E-state index contributed by atoms with van der Waals surface area (Å²) < 4.78 is 57.5. The highest BCUT2D eigenvalue weighted by Gasteiger charge is 2.26. The summed E-state index contributed by atoms with van der Waals surface area (Å²) in [6, 6.07) is 2.17. The minimum atomic E-state index is -2.65. The lowest BCUT2D eigenvalue weighted by Crippen LogP contribution is -2.49. The molecule has 0 unspecified atom stereocenters. The van der Waals surface area contributed by atoms with Crippen molar-refractivity contribution in [2.45, 2.75) is 38.7 Å². The second kappa shape index (κ2) is 17.4. The SMILES string of the molecule is C=C/C(F)=C(\C=C)OC1=CC=C(n2ncc(C(=O)c3cc(=C/C(=C)OCC(F)F)/c(=C\CN4CCC(N5CCOCC5)CC4)[nH]3)c2N)CC(C)=C1. The number of anilines is 1. The van der Waals surface area contributed by atoms with Crippen LogP contribution in [0.15, 0.2) is 91.1 Å². The molecule has 3 aliphatic rings. The van der Waals surface area contributed by atoms with Crippen LogP contribution in [0.1, 0.15) is 42.2 Å². The van der Waals surface area contributed by atoms with E-state index in [1.165, 1.54) is 23.0 Å². The molecule has 2 aliphatic heterocycles. The van der Waals surface area contributed by atoms with Gasteiger partial charge in [-0.1, -0.05) is 25.3 Å². The van der Waals surface area contributed by atoms with Crippen molar-refractivity contribution >= 4 is 29.5 Å². The summed E-state index contributed by atoms with van der Waals surface area (Å²) in [4.78, 5) is 21.9. The lowest BCUT2D eigenvalue weighted by atomic mass is 10.0. The maximum absolute atomic E-state index is 14.1. The van der Waals surface area contributed by atoms with Crippen molar-refractivity contribution in [2.24, 2.45) is 0 Å². The van der Waals surface area contributed by atoms with Crippen molar-refractivity contribution < 1.29 is 32.2 Å². The Bertz CT molecular complexity index is 1870. The van der Waals surface area contributed by atoms with Crippen LogP contribution in [0.5, 0.6) is 0 Å². The maximum atomic E-state index is 14.1. The number of aromatic nitrogens is 3. The van der Waals surface area contributed by atoms with E-state index in [1.54, 1.807) is 24.3 Å². The number of H-pyrrole nitrogens is 1. The number of ketones is 1. The Morgan fingerprint density at radius 2 is 1.92 bits per heavy atom. The summed E-state index contributed by atoms with van der Waals surface area (Å²) in [5.74, 6) is -0.578. The zero-order valence-corrected chi connectivity index (χ0v) is 28.9. The van der Waals surface area contributed by atoms with Gasteiger partial charge in [0, 0.05) is 48.4 Å². The third-order valence-electron chi connectivity index (χ3n) is 8.95. The number of piperidine rings is 1. The van der Waals surface area contributed by atoms with Gasteiger partial charge in [0.2, 0.25) is 5.78 Å². The highest BCUT2D eigenvalue weighted by molar-refractivity contribution is 6.10. The number of carbonyl (C=O) groups excluding carboxylic acids is 1. The van der Waals surface area contributed by atoms with E-state index in [0.29, 0.717) is 41.0 Å². The van der Waals surface area contributed by atoms with Crippen LogP contribution in [0.25, 0.3) is 17.8 Å². The summed E-state index contributed by atoms with van der Waals surface area (Å²) in [6.07, 6.45) is 12.2. The van der Waals surface area contributed by atoms with E-state index in [2.05, 4.69) is 39.6 Å². The summed E-state index contributed by atoms with van der Waals surface area (Å²) in [6.45, 7) is 17.8. The highest BCUT2D eigenvalue weighted by Crippen LogP contribution is 2.27. The molecule has 0 saturated carbocycles. The fraction of sp³-hybridized carbons (Fsp3) is 0.368. The Balaban J connectivity index is 1.37. The summed E-state index contributed by atoms with van der Waals surface area (Å²) in [5, 5.41) is 5.62. The highest BCUT2D eigenvalue weighted by atomic mass is 19.3. The molecule has 0 spiro atoms. The number of nitrogens with two attached hydrogens (primary N) is 1. The normalized spacial score (nSPS) is 19.2. The van der Waals surface area contributed by atoms with Crippen LogP contribution in [-0.4, -0.2) is 95.4 Å². The van der Waals surface area contributed by atoms with Crippen molar-refractivity contribution in [3.8, 4) is 0 Å². The molecule has 272 valence electrons. The van der Waals surface area contributed by atoms with E-state index in [4.69, 9.17) is 19.9 Å². The van der Waals surface area contributed by atoms with Gasteiger partial charge in [-0.15, -0.1) is 0 Å². The largest absolute Gasteiger partial charge is 0.488 e. The van der Waals surface area contributed by atoms with Gasteiger partial charge in [0.15, 0.2) is 11.6 Å². The molecule has 0 bridgehead atoms. The van der Waals surface area contributed by atoms with Crippen LogP contribution in [0.4, 0.5) is 19.0 Å². The smallest absolute Gasteiger partial charge is 0.272 e. The topological polar surface area (TPSA) is 111 Å². The number of morpholine rings is 1. The number of carbonyl (C=O) groups is 1. The molecule has 2 aromatic heterocycles. The molecule has 51 heavy (non-hydrogen) atoms. The van der Waals surface area contributed by atoms with Crippen molar-refractivity contribution in [3.05, 3.63) is 113 Å². The molecular weight excluding hydrogens is 661 g/mol. The van der Waals surface area contributed by atoms with Gasteiger partial charge >= 0.3 is 0 Å². The molecule has 2 fully saturated rings. The first kappa shape index (κ1) is 37.4. The number of likely N-dealkylation sites (tertiary alicyclic amines) is 1. The fourth-order valence-electron chi connectivity index (χ4n) is 6.31. The van der Waals surface area contributed by atoms with Crippen molar-refractivity contribution in [1.82, 2.24) is 24.6 Å². The molecule has 0 atom stereocenters. The van der Waals surface area contributed by atoms with Crippen LogP contribution < -0.4 is 16.3 Å². The van der Waals surface area contributed by atoms with Gasteiger partial charge < -0.3 is 24.9 Å². The number of nitrogens with zero attached hydrogens (tertiary/aromatic N) is 4. The van der Waals surface area contributed by atoms with Crippen molar-refractivity contribution in [2.75, 3.05) is 58.3 Å². The molecule has 1 aliphatic carbocycles.